The minimum Gasteiger partial charge on any atom is -0.406 e. The minimum atomic E-state index is -4.68. The number of allylic oxidation sites excluding steroid dienone is 2. The first-order valence-corrected chi connectivity index (χ1v) is 8.05. The number of hydrogen-bond acceptors (Lipinski definition) is 2. The van der Waals surface area contributed by atoms with Crippen molar-refractivity contribution in [1.29, 1.82) is 0 Å². The second kappa shape index (κ2) is 6.37. The third-order valence-electron chi connectivity index (χ3n) is 4.47. The summed E-state index contributed by atoms with van der Waals surface area (Å²) in [7, 11) is 1.90. The molecule has 0 saturated carbocycles. The predicted octanol–water partition coefficient (Wildman–Crippen LogP) is 4.70. The van der Waals surface area contributed by atoms with Crippen LogP contribution in [0, 0.1) is 5.92 Å². The van der Waals surface area contributed by atoms with Crippen molar-refractivity contribution < 1.29 is 17.9 Å². The Labute approximate surface area is 138 Å². The van der Waals surface area contributed by atoms with E-state index in [1.54, 1.807) is 16.9 Å². The van der Waals surface area contributed by atoms with Gasteiger partial charge in [0.1, 0.15) is 5.75 Å². The van der Waals surface area contributed by atoms with Gasteiger partial charge >= 0.3 is 6.36 Å². The van der Waals surface area contributed by atoms with Crippen molar-refractivity contribution >= 4 is 5.57 Å². The molecule has 0 bridgehead atoms. The summed E-state index contributed by atoms with van der Waals surface area (Å²) >= 11 is 0. The number of nitrogens with zero attached hydrogens (tertiary/aromatic N) is 3. The molecular formula is C17H20F3N3O. The van der Waals surface area contributed by atoms with Crippen LogP contribution >= 0.6 is 0 Å². The highest BCUT2D eigenvalue weighted by Crippen LogP contribution is 2.32. The molecule has 0 fully saturated rings. The van der Waals surface area contributed by atoms with E-state index < -0.39 is 6.36 Å². The first-order valence-electron chi connectivity index (χ1n) is 8.05. The summed E-state index contributed by atoms with van der Waals surface area (Å²) in [6.07, 6.45) is 2.06. The van der Waals surface area contributed by atoms with Gasteiger partial charge in [-0.25, -0.2) is 4.68 Å². The van der Waals surface area contributed by atoms with E-state index in [9.17, 15) is 13.2 Å². The molecule has 130 valence electrons. The van der Waals surface area contributed by atoms with Crippen LogP contribution in [0.2, 0.25) is 0 Å². The summed E-state index contributed by atoms with van der Waals surface area (Å²) in [6, 6.07) is 5.69. The molecule has 1 aliphatic rings. The van der Waals surface area contributed by atoms with Gasteiger partial charge in [0.05, 0.1) is 5.69 Å². The summed E-state index contributed by atoms with van der Waals surface area (Å²) in [5.74, 6) is 1.46. The highest BCUT2D eigenvalue weighted by molar-refractivity contribution is 5.61. The van der Waals surface area contributed by atoms with Crippen LogP contribution in [-0.2, 0) is 7.05 Å². The fourth-order valence-electron chi connectivity index (χ4n) is 3.02. The molecule has 0 N–H and O–H groups in total. The van der Waals surface area contributed by atoms with Crippen molar-refractivity contribution in [2.45, 2.75) is 39.0 Å². The van der Waals surface area contributed by atoms with Crippen molar-refractivity contribution in [2.24, 2.45) is 13.0 Å². The van der Waals surface area contributed by atoms with Gasteiger partial charge in [-0.2, -0.15) is 4.80 Å². The van der Waals surface area contributed by atoms with E-state index in [1.165, 1.54) is 30.5 Å². The normalized spacial score (nSPS) is 18.5. The number of halogens is 3. The van der Waals surface area contributed by atoms with Crippen LogP contribution < -0.4 is 4.74 Å². The topological polar surface area (TPSA) is 32.0 Å². The molecule has 0 saturated heterocycles. The van der Waals surface area contributed by atoms with E-state index in [4.69, 9.17) is 0 Å². The zero-order valence-corrected chi connectivity index (χ0v) is 13.7. The van der Waals surface area contributed by atoms with Gasteiger partial charge in [0.15, 0.2) is 5.82 Å². The lowest BCUT2D eigenvalue weighted by atomic mass is 9.87. The molecule has 0 amide bonds. The lowest BCUT2D eigenvalue weighted by Gasteiger charge is -2.26. The molecule has 1 aromatic heterocycles. The Morgan fingerprint density at radius 2 is 1.96 bits per heavy atom. The number of rotatable bonds is 4. The molecule has 1 aromatic carbocycles. The van der Waals surface area contributed by atoms with E-state index in [-0.39, 0.29) is 5.75 Å². The summed E-state index contributed by atoms with van der Waals surface area (Å²) in [6.45, 7) is 2.21. The van der Waals surface area contributed by atoms with Crippen LogP contribution in [0.15, 0.2) is 30.3 Å². The standard InChI is InChI=1S/C17H20F3N3O/c1-3-12-4-6-13(7-5-12)16-21-23(22(16)2)14-8-10-15(11-9-14)24-17(18,19)20/h6,8-12H,3-5,7H2,1-2H3. The van der Waals surface area contributed by atoms with Gasteiger partial charge in [0, 0.05) is 7.05 Å². The number of ether oxygens (including phenoxy) is 1. The number of alkyl halides is 3. The molecular weight excluding hydrogens is 319 g/mol. The van der Waals surface area contributed by atoms with Crippen molar-refractivity contribution in [3.8, 4) is 11.4 Å². The molecule has 1 heterocycles. The van der Waals surface area contributed by atoms with Gasteiger partial charge < -0.3 is 4.74 Å². The van der Waals surface area contributed by atoms with Gasteiger partial charge in [-0.15, -0.1) is 18.3 Å². The molecule has 2 aromatic rings. The van der Waals surface area contributed by atoms with E-state index in [1.807, 2.05) is 11.7 Å². The van der Waals surface area contributed by atoms with Crippen LogP contribution in [-0.4, -0.2) is 20.9 Å². The molecule has 1 unspecified atom stereocenters. The molecule has 1 atom stereocenters. The first-order chi connectivity index (χ1) is 11.4. The Hall–Kier alpha value is -2.18. The Bertz CT molecular complexity index is 725. The van der Waals surface area contributed by atoms with E-state index in [0.29, 0.717) is 5.69 Å². The van der Waals surface area contributed by atoms with Gasteiger partial charge in [0.2, 0.25) is 0 Å². The third-order valence-corrected chi connectivity index (χ3v) is 4.47. The van der Waals surface area contributed by atoms with Crippen LogP contribution in [0.5, 0.6) is 5.75 Å². The molecule has 0 radical (unpaired) electrons. The average Bonchev–Trinajstić information content (AvgIpc) is 2.54. The van der Waals surface area contributed by atoms with Crippen LogP contribution in [0.3, 0.4) is 0 Å². The van der Waals surface area contributed by atoms with Crippen LogP contribution in [0.1, 0.15) is 38.4 Å². The van der Waals surface area contributed by atoms with Crippen molar-refractivity contribution in [2.75, 3.05) is 0 Å². The van der Waals surface area contributed by atoms with Gasteiger partial charge in [-0.1, -0.05) is 19.4 Å². The molecule has 24 heavy (non-hydrogen) atoms. The van der Waals surface area contributed by atoms with Gasteiger partial charge in [-0.3, -0.25) is 0 Å². The summed E-state index contributed by atoms with van der Waals surface area (Å²) in [5.41, 5.74) is 1.94. The molecule has 1 aliphatic carbocycles. The number of benzene rings is 1. The van der Waals surface area contributed by atoms with Crippen LogP contribution in [0.25, 0.3) is 11.3 Å². The maximum absolute atomic E-state index is 12.2. The SMILES string of the molecule is CCC1CC=C(c2nn(-c3ccc(OC(F)(F)F)cc3)n2C)CC1. The fourth-order valence-corrected chi connectivity index (χ4v) is 3.02. The molecule has 0 spiro atoms. The molecule has 0 aliphatic heterocycles. The van der Waals surface area contributed by atoms with Crippen molar-refractivity contribution in [1.82, 2.24) is 14.6 Å². The maximum Gasteiger partial charge on any atom is 0.573 e. The van der Waals surface area contributed by atoms with E-state index >= 15 is 0 Å². The number of aromatic nitrogens is 3. The fraction of sp³-hybridized carbons (Fsp3) is 0.471. The Morgan fingerprint density at radius 3 is 2.46 bits per heavy atom. The molecule has 3 rings (SSSR count). The molecule has 7 heteroatoms. The zero-order chi connectivity index (χ0) is 17.3. The molecule has 4 nitrogen and oxygen atoms in total. The highest BCUT2D eigenvalue weighted by Gasteiger charge is 2.31. The van der Waals surface area contributed by atoms with Gasteiger partial charge in [0.25, 0.3) is 0 Å². The highest BCUT2D eigenvalue weighted by atomic mass is 19.4. The first kappa shape index (κ1) is 16.7. The Balaban J connectivity index is 1.72. The van der Waals surface area contributed by atoms with Crippen molar-refractivity contribution in [3.05, 3.63) is 36.2 Å². The largest absolute Gasteiger partial charge is 0.573 e. The quantitative estimate of drug-likeness (QED) is 0.808. The van der Waals surface area contributed by atoms with Crippen molar-refractivity contribution in [3.63, 3.8) is 0 Å². The minimum absolute atomic E-state index is 0.237. The number of hydrogen-bond donors (Lipinski definition) is 0. The Morgan fingerprint density at radius 1 is 1.25 bits per heavy atom. The third kappa shape index (κ3) is 3.49. The second-order valence-electron chi connectivity index (χ2n) is 6.06. The van der Waals surface area contributed by atoms with Gasteiger partial charge in [-0.05, 0) is 55.0 Å². The smallest absolute Gasteiger partial charge is 0.406 e. The zero-order valence-electron chi connectivity index (χ0n) is 13.7. The van der Waals surface area contributed by atoms with E-state index in [2.05, 4.69) is 22.8 Å². The Kier molecular flexibility index (Phi) is 4.43. The maximum atomic E-state index is 12.2. The van der Waals surface area contributed by atoms with E-state index in [0.717, 1.165) is 24.6 Å². The lowest BCUT2D eigenvalue weighted by Crippen LogP contribution is -2.27. The average molecular weight is 339 g/mol. The van der Waals surface area contributed by atoms with Crippen LogP contribution in [0.4, 0.5) is 13.2 Å². The summed E-state index contributed by atoms with van der Waals surface area (Å²) < 4.78 is 42.3. The lowest BCUT2D eigenvalue weighted by molar-refractivity contribution is -0.274. The predicted molar refractivity (Wildman–Crippen MR) is 84.8 cm³/mol. The summed E-state index contributed by atoms with van der Waals surface area (Å²) in [5, 5.41) is 4.50. The second-order valence-corrected chi connectivity index (χ2v) is 6.06. The summed E-state index contributed by atoms with van der Waals surface area (Å²) in [4.78, 5) is 1.67. The monoisotopic (exact) mass is 339 g/mol.